The highest BCUT2D eigenvalue weighted by atomic mass is 16.6. The van der Waals surface area contributed by atoms with Crippen molar-refractivity contribution in [2.75, 3.05) is 11.9 Å². The first kappa shape index (κ1) is 32.6. The molecule has 2 amide bonds. The van der Waals surface area contributed by atoms with Gasteiger partial charge in [0.05, 0.1) is 12.8 Å². The Morgan fingerprint density at radius 1 is 1.00 bits per heavy atom. The molecule has 1 aromatic carbocycles. The van der Waals surface area contributed by atoms with E-state index >= 15 is 0 Å². The number of hydrogen-bond acceptors (Lipinski definition) is 6. The summed E-state index contributed by atoms with van der Waals surface area (Å²) in [5, 5.41) is 5.52. The second-order valence-corrected chi connectivity index (χ2v) is 13.0. The van der Waals surface area contributed by atoms with Crippen LogP contribution in [0.2, 0.25) is 0 Å². The first-order valence-corrected chi connectivity index (χ1v) is 16.4. The predicted molar refractivity (Wildman–Crippen MR) is 170 cm³/mol. The van der Waals surface area contributed by atoms with Crippen molar-refractivity contribution in [3.8, 4) is 17.2 Å². The van der Waals surface area contributed by atoms with Crippen LogP contribution in [0.5, 0.6) is 17.2 Å². The van der Waals surface area contributed by atoms with Crippen molar-refractivity contribution in [3.05, 3.63) is 41.6 Å². The molecule has 0 bridgehead atoms. The summed E-state index contributed by atoms with van der Waals surface area (Å²) in [4.78, 5) is 30.0. The topological polar surface area (TPSA) is 98.8 Å². The third kappa shape index (κ3) is 9.10. The quantitative estimate of drug-likeness (QED) is 0.178. The van der Waals surface area contributed by atoms with E-state index in [-0.39, 0.29) is 11.3 Å². The Bertz CT molecular complexity index is 1220. The van der Waals surface area contributed by atoms with Crippen LogP contribution in [-0.4, -0.2) is 35.2 Å². The molecule has 0 radical (unpaired) electrons. The second-order valence-electron chi connectivity index (χ2n) is 13.0. The van der Waals surface area contributed by atoms with E-state index in [1.807, 2.05) is 32.9 Å². The lowest BCUT2D eigenvalue weighted by Gasteiger charge is -2.26. The number of nitrogens with zero attached hydrogens (tertiary/aromatic N) is 1. The van der Waals surface area contributed by atoms with Gasteiger partial charge >= 0.3 is 6.09 Å². The van der Waals surface area contributed by atoms with E-state index in [0.717, 1.165) is 54.7 Å². The Morgan fingerprint density at radius 2 is 1.70 bits per heavy atom. The Hall–Kier alpha value is -3.29. The van der Waals surface area contributed by atoms with Gasteiger partial charge in [-0.15, -0.1) is 0 Å². The summed E-state index contributed by atoms with van der Waals surface area (Å²) in [6.45, 7) is 10.7. The molecule has 43 heavy (non-hydrogen) atoms. The average molecular weight is 594 g/mol. The molecule has 2 aromatic rings. The van der Waals surface area contributed by atoms with Gasteiger partial charge in [0.1, 0.15) is 34.7 Å². The van der Waals surface area contributed by atoms with E-state index in [4.69, 9.17) is 14.2 Å². The Labute approximate surface area is 257 Å². The van der Waals surface area contributed by atoms with Gasteiger partial charge in [0.15, 0.2) is 0 Å². The van der Waals surface area contributed by atoms with Crippen LogP contribution in [0.4, 0.5) is 10.6 Å². The lowest BCUT2D eigenvalue weighted by molar-refractivity contribution is -0.118. The molecular formula is C35H51N3O5. The fourth-order valence-corrected chi connectivity index (χ4v) is 5.81. The standard InChI is InChI=1S/C35H51N3O5/c1-6-8-9-10-11-12-13-14-15-20-34(4,5)43-33(40)37-27(7-2)32(39)38-29-19-17-26(23-36-29)42-28-18-16-25(3)31-30(28)35(21-22-35)24-41-31/h16-19,23,27H,6-15,20-22,24H2,1-5H3,(H,37,40)(H,36,38,39)/t27-/m1/s1. The maximum Gasteiger partial charge on any atom is 0.408 e. The number of nitrogens with one attached hydrogen (secondary N) is 2. The number of ether oxygens (including phenoxy) is 3. The molecule has 8 heteroatoms. The van der Waals surface area contributed by atoms with E-state index in [2.05, 4.69) is 29.5 Å². The van der Waals surface area contributed by atoms with E-state index < -0.39 is 17.7 Å². The Kier molecular flexibility index (Phi) is 11.3. The van der Waals surface area contributed by atoms with E-state index in [9.17, 15) is 9.59 Å². The van der Waals surface area contributed by atoms with Crippen LogP contribution in [-0.2, 0) is 14.9 Å². The molecule has 2 aliphatic rings. The van der Waals surface area contributed by atoms with Crippen molar-refractivity contribution >= 4 is 17.8 Å². The van der Waals surface area contributed by atoms with Gasteiger partial charge in [-0.1, -0.05) is 71.3 Å². The number of hydrogen-bond donors (Lipinski definition) is 2. The lowest BCUT2D eigenvalue weighted by atomic mass is 9.95. The van der Waals surface area contributed by atoms with Crippen LogP contribution in [0.15, 0.2) is 30.5 Å². The zero-order chi connectivity index (χ0) is 30.9. The van der Waals surface area contributed by atoms with Gasteiger partial charge < -0.3 is 24.8 Å². The van der Waals surface area contributed by atoms with Crippen molar-refractivity contribution in [2.45, 2.75) is 135 Å². The van der Waals surface area contributed by atoms with Gasteiger partial charge in [-0.2, -0.15) is 0 Å². The fraction of sp³-hybridized carbons (Fsp3) is 0.629. The third-order valence-electron chi connectivity index (χ3n) is 8.68. The zero-order valence-electron chi connectivity index (χ0n) is 26.9. The van der Waals surface area contributed by atoms with E-state index in [0.29, 0.717) is 24.6 Å². The van der Waals surface area contributed by atoms with Gasteiger partial charge in [0, 0.05) is 11.0 Å². The van der Waals surface area contributed by atoms with Crippen molar-refractivity contribution in [2.24, 2.45) is 0 Å². The molecule has 1 saturated carbocycles. The van der Waals surface area contributed by atoms with Crippen LogP contribution in [0.1, 0.15) is 122 Å². The molecule has 4 rings (SSSR count). The van der Waals surface area contributed by atoms with Crippen molar-refractivity contribution < 1.29 is 23.8 Å². The molecule has 0 unspecified atom stereocenters. The minimum absolute atomic E-state index is 0.0871. The SMILES string of the molecule is CCCCCCCCCCCC(C)(C)OC(=O)N[C@H](CC)C(=O)Nc1ccc(Oc2ccc(C)c3c2C2(CC2)CO3)cn1. The molecule has 1 atom stereocenters. The van der Waals surface area contributed by atoms with Crippen molar-refractivity contribution in [3.63, 3.8) is 0 Å². The second kappa shape index (κ2) is 14.9. The summed E-state index contributed by atoms with van der Waals surface area (Å²) in [6.07, 6.45) is 15.7. The number of benzene rings is 1. The van der Waals surface area contributed by atoms with Gasteiger partial charge in [-0.05, 0) is 76.6 Å². The molecule has 0 saturated heterocycles. The summed E-state index contributed by atoms with van der Waals surface area (Å²) in [6, 6.07) is 6.75. The number of carbonyl (C=O) groups is 2. The smallest absolute Gasteiger partial charge is 0.408 e. The molecule has 236 valence electrons. The summed E-state index contributed by atoms with van der Waals surface area (Å²) in [7, 11) is 0. The number of alkyl carbamates (subject to hydrolysis) is 1. The van der Waals surface area contributed by atoms with Crippen molar-refractivity contribution in [1.82, 2.24) is 10.3 Å². The highest BCUT2D eigenvalue weighted by Gasteiger charge is 2.53. The highest BCUT2D eigenvalue weighted by Crippen LogP contribution is 2.59. The number of rotatable bonds is 17. The molecule has 1 aliphatic carbocycles. The number of amides is 2. The first-order chi connectivity index (χ1) is 20.7. The predicted octanol–water partition coefficient (Wildman–Crippen LogP) is 8.75. The Balaban J connectivity index is 1.20. The Morgan fingerprint density at radius 3 is 2.33 bits per heavy atom. The number of unbranched alkanes of at least 4 members (excludes halogenated alkanes) is 8. The number of aromatic nitrogens is 1. The van der Waals surface area contributed by atoms with Crippen molar-refractivity contribution in [1.29, 1.82) is 0 Å². The number of anilines is 1. The largest absolute Gasteiger partial charge is 0.492 e. The molecule has 1 aliphatic heterocycles. The normalized spacial score (nSPS) is 15.4. The number of aryl methyl sites for hydroxylation is 1. The monoisotopic (exact) mass is 593 g/mol. The highest BCUT2D eigenvalue weighted by molar-refractivity contribution is 5.95. The summed E-state index contributed by atoms with van der Waals surface area (Å²) >= 11 is 0. The van der Waals surface area contributed by atoms with Gasteiger partial charge in [0.25, 0.3) is 0 Å². The summed E-state index contributed by atoms with van der Waals surface area (Å²) in [5.74, 6) is 2.35. The fourth-order valence-electron chi connectivity index (χ4n) is 5.81. The molecule has 2 heterocycles. The molecule has 1 aromatic heterocycles. The van der Waals surface area contributed by atoms with E-state index in [1.165, 1.54) is 44.9 Å². The maximum absolute atomic E-state index is 12.9. The minimum atomic E-state index is -0.737. The third-order valence-corrected chi connectivity index (χ3v) is 8.68. The van der Waals surface area contributed by atoms with Crippen LogP contribution in [0.3, 0.4) is 0 Å². The average Bonchev–Trinajstić information content (AvgIpc) is 3.65. The molecule has 8 nitrogen and oxygen atoms in total. The molecule has 2 N–H and O–H groups in total. The summed E-state index contributed by atoms with van der Waals surface area (Å²) in [5.41, 5.74) is 1.77. The number of pyridine rings is 1. The lowest BCUT2D eigenvalue weighted by Crippen LogP contribution is -2.46. The van der Waals surface area contributed by atoms with Gasteiger partial charge in [0.2, 0.25) is 5.91 Å². The molecular weight excluding hydrogens is 542 g/mol. The van der Waals surface area contributed by atoms with Gasteiger partial charge in [-0.3, -0.25) is 4.79 Å². The van der Waals surface area contributed by atoms with Gasteiger partial charge in [-0.25, -0.2) is 9.78 Å². The molecule has 1 spiro atoms. The van der Waals surface area contributed by atoms with E-state index in [1.54, 1.807) is 18.3 Å². The first-order valence-electron chi connectivity index (χ1n) is 16.4. The number of fused-ring (bicyclic) bond motifs is 2. The van der Waals surface area contributed by atoms with Crippen LogP contribution in [0.25, 0.3) is 0 Å². The molecule has 1 fully saturated rings. The van der Waals surface area contributed by atoms with Crippen LogP contribution >= 0.6 is 0 Å². The maximum atomic E-state index is 12.9. The van der Waals surface area contributed by atoms with Crippen LogP contribution < -0.4 is 20.1 Å². The number of carbonyl (C=O) groups excluding carboxylic acids is 2. The summed E-state index contributed by atoms with van der Waals surface area (Å²) < 4.78 is 17.9. The minimum Gasteiger partial charge on any atom is -0.492 e. The van der Waals surface area contributed by atoms with Crippen LogP contribution in [0, 0.1) is 6.92 Å². The zero-order valence-corrected chi connectivity index (χ0v) is 26.9.